The number of nitrogens with zero attached hydrogens (tertiary/aromatic N) is 3. The summed E-state index contributed by atoms with van der Waals surface area (Å²) in [5.74, 6) is 1.20. The second kappa shape index (κ2) is 11.7. The molecule has 56 heavy (non-hydrogen) atoms. The van der Waals surface area contributed by atoms with E-state index in [1.165, 1.54) is 44.5 Å². The molecule has 0 saturated carbocycles. The molecular weight excluding hydrogens is 687 g/mol. The molecule has 262 valence electrons. The summed E-state index contributed by atoms with van der Waals surface area (Å²) in [5, 5.41) is 0. The molecule has 0 aliphatic heterocycles. The van der Waals surface area contributed by atoms with Gasteiger partial charge in [0, 0.05) is 28.2 Å². The van der Waals surface area contributed by atoms with Gasteiger partial charge in [-0.05, 0) is 129 Å². The van der Waals surface area contributed by atoms with E-state index < -0.39 is 5.41 Å². The van der Waals surface area contributed by atoms with E-state index in [2.05, 4.69) is 144 Å². The molecule has 0 fully saturated rings. The summed E-state index contributed by atoms with van der Waals surface area (Å²) in [4.78, 5) is 11.9. The molecule has 5 nitrogen and oxygen atoms in total. The summed E-state index contributed by atoms with van der Waals surface area (Å²) in [6, 6.07) is 66.5. The van der Waals surface area contributed by atoms with Crippen molar-refractivity contribution in [2.45, 2.75) is 5.41 Å². The highest BCUT2D eigenvalue weighted by molar-refractivity contribution is 5.96. The lowest BCUT2D eigenvalue weighted by Gasteiger charge is -2.32. The van der Waals surface area contributed by atoms with Gasteiger partial charge in [-0.15, -0.1) is 0 Å². The van der Waals surface area contributed by atoms with Crippen molar-refractivity contribution >= 4 is 39.3 Å². The monoisotopic (exact) mass is 717 g/mol. The van der Waals surface area contributed by atoms with Crippen molar-refractivity contribution in [1.29, 1.82) is 0 Å². The quantitative estimate of drug-likeness (QED) is 0.177. The molecule has 8 aromatic carbocycles. The number of hydrogen-bond acceptors (Lipinski definition) is 5. The fourth-order valence-electron chi connectivity index (χ4n) is 9.17. The van der Waals surface area contributed by atoms with Crippen LogP contribution >= 0.6 is 0 Å². The van der Waals surface area contributed by atoms with Crippen LogP contribution in [0.4, 0.5) is 17.1 Å². The summed E-state index contributed by atoms with van der Waals surface area (Å²) in [6.45, 7) is 0. The molecule has 2 aromatic heterocycles. The second-order valence-electron chi connectivity index (χ2n) is 14.5. The fourth-order valence-corrected chi connectivity index (χ4v) is 9.17. The van der Waals surface area contributed by atoms with Gasteiger partial charge in [-0.25, -0.2) is 9.97 Å². The van der Waals surface area contributed by atoms with Crippen molar-refractivity contribution in [3.8, 4) is 45.2 Å². The highest BCUT2D eigenvalue weighted by atomic mass is 16.4. The van der Waals surface area contributed by atoms with Crippen LogP contribution in [0.2, 0.25) is 0 Å². The minimum atomic E-state index is -0.450. The van der Waals surface area contributed by atoms with Crippen LogP contribution < -0.4 is 4.90 Å². The maximum Gasteiger partial charge on any atom is 0.227 e. The normalized spacial score (nSPS) is 13.1. The van der Waals surface area contributed by atoms with Gasteiger partial charge in [0.2, 0.25) is 11.8 Å². The first-order valence-corrected chi connectivity index (χ1v) is 18.9. The number of fused-ring (bicyclic) bond motifs is 12. The van der Waals surface area contributed by atoms with Gasteiger partial charge in [0.25, 0.3) is 0 Å². The first kappa shape index (κ1) is 30.9. The third-order valence-electron chi connectivity index (χ3n) is 11.6. The maximum absolute atomic E-state index is 6.15. The van der Waals surface area contributed by atoms with Crippen LogP contribution in [0.15, 0.2) is 197 Å². The van der Waals surface area contributed by atoms with Crippen LogP contribution in [0.5, 0.6) is 0 Å². The van der Waals surface area contributed by atoms with Gasteiger partial charge in [0.15, 0.2) is 11.2 Å². The Kier molecular flexibility index (Phi) is 6.48. The number of para-hydroxylation sites is 4. The van der Waals surface area contributed by atoms with E-state index >= 15 is 0 Å². The molecule has 10 aromatic rings. The van der Waals surface area contributed by atoms with Crippen molar-refractivity contribution in [1.82, 2.24) is 9.97 Å². The number of benzene rings is 8. The molecule has 5 heteroatoms. The number of oxazole rings is 2. The van der Waals surface area contributed by atoms with E-state index in [0.29, 0.717) is 11.8 Å². The molecule has 1 spiro atoms. The molecule has 2 heterocycles. The Balaban J connectivity index is 1.04. The van der Waals surface area contributed by atoms with Gasteiger partial charge in [0.1, 0.15) is 11.0 Å². The average molecular weight is 718 g/mol. The summed E-state index contributed by atoms with van der Waals surface area (Å²) >= 11 is 0. The standard InChI is InChI=1S/C51H31N3O2/c1-4-14-41-37(11-1)38-12-2-5-15-42(38)51(41)43-16-6-3-13-39(43)40-30-29-36(31-44(40)51)54(34-25-21-32(22-26-34)49-52-45-17-7-9-19-47(45)55-49)35-27-23-33(24-28-35)50-53-46-18-8-10-20-48(46)56-50/h1-31H. The lowest BCUT2D eigenvalue weighted by Crippen LogP contribution is -2.26. The van der Waals surface area contributed by atoms with Crippen LogP contribution in [0, 0.1) is 0 Å². The van der Waals surface area contributed by atoms with Crippen molar-refractivity contribution in [3.05, 3.63) is 210 Å². The van der Waals surface area contributed by atoms with E-state index in [4.69, 9.17) is 18.8 Å². The van der Waals surface area contributed by atoms with Crippen LogP contribution in [0.1, 0.15) is 22.3 Å². The van der Waals surface area contributed by atoms with Gasteiger partial charge in [-0.2, -0.15) is 0 Å². The number of anilines is 3. The molecule has 12 rings (SSSR count). The summed E-state index contributed by atoms with van der Waals surface area (Å²) in [6.07, 6.45) is 0. The Bertz CT molecular complexity index is 2910. The highest BCUT2D eigenvalue weighted by Crippen LogP contribution is 2.63. The Morgan fingerprint density at radius 1 is 0.357 bits per heavy atom. The van der Waals surface area contributed by atoms with Crippen LogP contribution in [-0.2, 0) is 5.41 Å². The minimum Gasteiger partial charge on any atom is -0.436 e. The zero-order valence-electron chi connectivity index (χ0n) is 30.1. The zero-order chi connectivity index (χ0) is 36.8. The SMILES string of the molecule is c1ccc2c(c1)-c1ccccc1C21c2ccccc2-c2ccc(N(c3ccc(-c4nc5ccccc5o4)cc3)c3ccc(-c4nc5ccccc5o4)cc3)cc21. The van der Waals surface area contributed by atoms with E-state index in [1.54, 1.807) is 0 Å². The van der Waals surface area contributed by atoms with Gasteiger partial charge >= 0.3 is 0 Å². The molecule has 0 bridgehead atoms. The molecule has 0 amide bonds. The minimum absolute atomic E-state index is 0.450. The van der Waals surface area contributed by atoms with Gasteiger partial charge in [-0.3, -0.25) is 0 Å². The summed E-state index contributed by atoms with van der Waals surface area (Å²) in [7, 11) is 0. The molecule has 0 saturated heterocycles. The number of rotatable bonds is 5. The molecule has 0 N–H and O–H groups in total. The van der Waals surface area contributed by atoms with Gasteiger partial charge < -0.3 is 13.7 Å². The van der Waals surface area contributed by atoms with E-state index in [-0.39, 0.29) is 0 Å². The van der Waals surface area contributed by atoms with Gasteiger partial charge in [0.05, 0.1) is 5.41 Å². The Labute approximate surface area is 322 Å². The molecular formula is C51H31N3O2. The van der Waals surface area contributed by atoms with E-state index in [1.807, 2.05) is 48.5 Å². The molecule has 0 atom stereocenters. The largest absolute Gasteiger partial charge is 0.436 e. The smallest absolute Gasteiger partial charge is 0.227 e. The summed E-state index contributed by atoms with van der Waals surface area (Å²) in [5.41, 5.74) is 18.0. The second-order valence-corrected chi connectivity index (χ2v) is 14.5. The number of aromatic nitrogens is 2. The topological polar surface area (TPSA) is 55.3 Å². The van der Waals surface area contributed by atoms with Crippen LogP contribution in [0.3, 0.4) is 0 Å². The molecule has 0 radical (unpaired) electrons. The predicted molar refractivity (Wildman–Crippen MR) is 223 cm³/mol. The fraction of sp³-hybridized carbons (Fsp3) is 0.0196. The third-order valence-corrected chi connectivity index (χ3v) is 11.6. The van der Waals surface area contributed by atoms with Crippen molar-refractivity contribution in [2.75, 3.05) is 4.90 Å². The first-order valence-electron chi connectivity index (χ1n) is 18.9. The molecule has 2 aliphatic rings. The predicted octanol–water partition coefficient (Wildman–Crippen LogP) is 13.1. The van der Waals surface area contributed by atoms with E-state index in [0.717, 1.165) is 50.4 Å². The van der Waals surface area contributed by atoms with Crippen molar-refractivity contribution in [3.63, 3.8) is 0 Å². The van der Waals surface area contributed by atoms with E-state index in [9.17, 15) is 0 Å². The molecule has 0 unspecified atom stereocenters. The Hall–Kier alpha value is -7.50. The van der Waals surface area contributed by atoms with Crippen molar-refractivity contribution < 1.29 is 8.83 Å². The lowest BCUT2D eigenvalue weighted by molar-refractivity contribution is 0.619. The maximum atomic E-state index is 6.15. The lowest BCUT2D eigenvalue weighted by atomic mass is 9.70. The van der Waals surface area contributed by atoms with Crippen LogP contribution in [0.25, 0.3) is 67.4 Å². The molecule has 2 aliphatic carbocycles. The first-order chi connectivity index (χ1) is 27.7. The average Bonchev–Trinajstić information content (AvgIpc) is 4.03. The third kappa shape index (κ3) is 4.37. The van der Waals surface area contributed by atoms with Crippen molar-refractivity contribution in [2.24, 2.45) is 0 Å². The Morgan fingerprint density at radius 3 is 1.21 bits per heavy atom. The van der Waals surface area contributed by atoms with Gasteiger partial charge in [-0.1, -0.05) is 103 Å². The zero-order valence-corrected chi connectivity index (χ0v) is 30.1. The number of hydrogen-bond donors (Lipinski definition) is 0. The summed E-state index contributed by atoms with van der Waals surface area (Å²) < 4.78 is 12.3. The highest BCUT2D eigenvalue weighted by Gasteiger charge is 2.51. The van der Waals surface area contributed by atoms with Crippen LogP contribution in [-0.4, -0.2) is 9.97 Å². The Morgan fingerprint density at radius 2 is 0.750 bits per heavy atom.